The largest absolute Gasteiger partial charge is 0.462 e. The first-order valence-electron chi connectivity index (χ1n) is 31.9. The Morgan fingerprint density at radius 3 is 0.732 bits per heavy atom. The quantitative estimate of drug-likeness (QED) is 0.0373. The van der Waals surface area contributed by atoms with Crippen molar-refractivity contribution in [2.75, 3.05) is 13.2 Å². The molecule has 1 N–H and O–H groups in total. The van der Waals surface area contributed by atoms with E-state index in [4.69, 9.17) is 9.47 Å². The number of hydrogen-bond acceptors (Lipinski definition) is 5. The number of ether oxygens (including phenoxy) is 2. The fourth-order valence-corrected chi connectivity index (χ4v) is 7.75. The van der Waals surface area contributed by atoms with Crippen LogP contribution in [0.4, 0.5) is 0 Å². The standard InChI is InChI=1S/C77H114O5/c1-3-5-7-9-11-13-15-17-19-21-23-25-27-29-31-32-33-34-35-36-37-38-39-40-41-42-43-44-46-48-50-52-54-56-58-60-62-64-66-68-70-72-77(80)82-75(73-78)74-81-76(79)71-69-67-65-63-61-59-57-55-53-51-49-47-45-30-28-26-24-22-20-18-16-14-12-10-8-6-4-2/h5-8,11-14,17-20,23-26,29-31,33-34,36-37,39-40,42-43,45-46,48-49,51-52,54-55,57-58,60,75,78H,3-4,9-10,15-16,21-22,27-28,32,35,38,41,44,47,50,53,56,59,61-74H2,1-2H3/b7-5-,8-6-,13-11-,14-12-,19-17-,20-18-,25-23-,26-24-,31-29-,34-33-,37-36-,40-39-,43-42-,45-30-,48-46-,51-49-,54-52-,57-55-,60-58-. The van der Waals surface area contributed by atoms with Crippen LogP contribution in [0, 0.1) is 0 Å². The van der Waals surface area contributed by atoms with Gasteiger partial charge in [-0.1, -0.05) is 277 Å². The summed E-state index contributed by atoms with van der Waals surface area (Å²) in [6, 6.07) is 0. The molecule has 0 heterocycles. The van der Waals surface area contributed by atoms with E-state index in [-0.39, 0.29) is 25.2 Å². The van der Waals surface area contributed by atoms with E-state index in [1.165, 1.54) is 0 Å². The molecule has 1 unspecified atom stereocenters. The minimum atomic E-state index is -0.815. The zero-order valence-electron chi connectivity index (χ0n) is 51.6. The van der Waals surface area contributed by atoms with Crippen LogP contribution in [0.15, 0.2) is 231 Å². The molecule has 0 fully saturated rings. The zero-order valence-corrected chi connectivity index (χ0v) is 51.6. The van der Waals surface area contributed by atoms with Crippen molar-refractivity contribution in [3.63, 3.8) is 0 Å². The van der Waals surface area contributed by atoms with Gasteiger partial charge in [0.15, 0.2) is 6.10 Å². The Labute approximate surface area is 503 Å². The highest BCUT2D eigenvalue weighted by Crippen LogP contribution is 2.11. The SMILES string of the molecule is CC/C=C\C/C=C\C/C=C\C/C=C\C/C=C\C/C=C\C/C=C\C/C=C\C/C=C\C/C=C\C/C=C\C/C=C\CCCCCCC(=O)OC(CO)COC(=O)CCCCCCC/C=C\C/C=C\C/C=C\C/C=C\C/C=C\C/C=C\C/C=C\CC. The number of unbranched alkanes of at least 4 members (excludes halogenated alkanes) is 9. The van der Waals surface area contributed by atoms with Gasteiger partial charge in [-0.15, -0.1) is 0 Å². The summed E-state index contributed by atoms with van der Waals surface area (Å²) in [5, 5.41) is 9.67. The van der Waals surface area contributed by atoms with E-state index < -0.39 is 6.10 Å². The Morgan fingerprint density at radius 1 is 0.280 bits per heavy atom. The molecule has 0 saturated carbocycles. The molecule has 5 nitrogen and oxygen atoms in total. The Morgan fingerprint density at radius 2 is 0.488 bits per heavy atom. The fraction of sp³-hybridized carbons (Fsp3) is 0.481. The van der Waals surface area contributed by atoms with Crippen LogP contribution in [0.3, 0.4) is 0 Å². The summed E-state index contributed by atoms with van der Waals surface area (Å²) in [6.07, 6.45) is 115. The van der Waals surface area contributed by atoms with Gasteiger partial charge in [0.25, 0.3) is 0 Å². The lowest BCUT2D eigenvalue weighted by molar-refractivity contribution is -0.161. The van der Waals surface area contributed by atoms with Crippen LogP contribution in [0.2, 0.25) is 0 Å². The van der Waals surface area contributed by atoms with E-state index >= 15 is 0 Å². The Kier molecular flexibility index (Phi) is 64.1. The van der Waals surface area contributed by atoms with Crippen LogP contribution >= 0.6 is 0 Å². The number of aliphatic hydroxyl groups is 1. The predicted octanol–water partition coefficient (Wildman–Crippen LogP) is 22.5. The molecule has 5 heteroatoms. The Balaban J connectivity index is 3.72. The van der Waals surface area contributed by atoms with Gasteiger partial charge >= 0.3 is 11.9 Å². The van der Waals surface area contributed by atoms with E-state index in [1.807, 2.05) is 0 Å². The molecular formula is C77H114O5. The molecule has 0 aromatic carbocycles. The van der Waals surface area contributed by atoms with E-state index in [0.29, 0.717) is 12.8 Å². The third-order valence-corrected chi connectivity index (χ3v) is 12.5. The van der Waals surface area contributed by atoms with Crippen molar-refractivity contribution in [1.82, 2.24) is 0 Å². The second kappa shape index (κ2) is 69.2. The number of rotatable bonds is 55. The first kappa shape index (κ1) is 76.0. The number of esters is 2. The monoisotopic (exact) mass is 1120 g/mol. The lowest BCUT2D eigenvalue weighted by atomic mass is 10.1. The molecule has 0 amide bonds. The molecule has 0 aliphatic carbocycles. The molecule has 0 aliphatic heterocycles. The summed E-state index contributed by atoms with van der Waals surface area (Å²) in [5.41, 5.74) is 0. The van der Waals surface area contributed by atoms with Gasteiger partial charge < -0.3 is 14.6 Å². The molecule has 0 saturated heterocycles. The highest BCUT2D eigenvalue weighted by Gasteiger charge is 2.16. The number of allylic oxidation sites excluding steroid dienone is 38. The summed E-state index contributed by atoms with van der Waals surface area (Å²) in [6.45, 7) is 3.85. The van der Waals surface area contributed by atoms with Crippen LogP contribution in [0.5, 0.6) is 0 Å². The van der Waals surface area contributed by atoms with E-state index in [1.54, 1.807) is 0 Å². The summed E-state index contributed by atoms with van der Waals surface area (Å²) in [5.74, 6) is -0.662. The van der Waals surface area contributed by atoms with Crippen LogP contribution in [-0.2, 0) is 19.1 Å². The maximum atomic E-state index is 12.3. The van der Waals surface area contributed by atoms with Crippen LogP contribution in [0.25, 0.3) is 0 Å². The number of hydrogen-bond donors (Lipinski definition) is 1. The lowest BCUT2D eigenvalue weighted by Crippen LogP contribution is -2.28. The third kappa shape index (κ3) is 66.5. The molecule has 0 spiro atoms. The smallest absolute Gasteiger partial charge is 0.306 e. The highest BCUT2D eigenvalue weighted by molar-refractivity contribution is 5.70. The van der Waals surface area contributed by atoms with Gasteiger partial charge in [-0.25, -0.2) is 0 Å². The Bertz CT molecular complexity index is 2040. The average molecular weight is 1120 g/mol. The molecule has 0 radical (unpaired) electrons. The first-order chi connectivity index (χ1) is 40.6. The first-order valence-corrected chi connectivity index (χ1v) is 31.9. The summed E-state index contributed by atoms with van der Waals surface area (Å²) >= 11 is 0. The van der Waals surface area contributed by atoms with Crippen molar-refractivity contribution >= 4 is 11.9 Å². The van der Waals surface area contributed by atoms with Crippen LogP contribution < -0.4 is 0 Å². The van der Waals surface area contributed by atoms with Gasteiger partial charge in [-0.05, 0) is 161 Å². The van der Waals surface area contributed by atoms with Gasteiger partial charge in [-0.3, -0.25) is 9.59 Å². The lowest BCUT2D eigenvalue weighted by Gasteiger charge is -2.15. The van der Waals surface area contributed by atoms with Crippen molar-refractivity contribution in [3.05, 3.63) is 231 Å². The third-order valence-electron chi connectivity index (χ3n) is 12.5. The second-order valence-corrected chi connectivity index (χ2v) is 20.0. The van der Waals surface area contributed by atoms with Gasteiger partial charge in [-0.2, -0.15) is 0 Å². The van der Waals surface area contributed by atoms with Crippen molar-refractivity contribution in [2.45, 2.75) is 225 Å². The maximum absolute atomic E-state index is 12.3. The fourth-order valence-electron chi connectivity index (χ4n) is 7.75. The second-order valence-electron chi connectivity index (χ2n) is 20.0. The van der Waals surface area contributed by atoms with Crippen molar-refractivity contribution in [3.8, 4) is 0 Å². The van der Waals surface area contributed by atoms with Gasteiger partial charge in [0, 0.05) is 12.8 Å². The van der Waals surface area contributed by atoms with Gasteiger partial charge in [0.1, 0.15) is 6.61 Å². The zero-order chi connectivity index (χ0) is 59.1. The minimum Gasteiger partial charge on any atom is -0.462 e. The summed E-state index contributed by atoms with van der Waals surface area (Å²) in [4.78, 5) is 24.6. The molecular weight excluding hydrogens is 1000 g/mol. The van der Waals surface area contributed by atoms with E-state index in [9.17, 15) is 14.7 Å². The molecule has 0 aromatic heterocycles. The number of carbonyl (C=O) groups excluding carboxylic acids is 2. The van der Waals surface area contributed by atoms with Gasteiger partial charge in [0.05, 0.1) is 6.61 Å². The number of aliphatic hydroxyl groups excluding tert-OH is 1. The molecule has 0 aliphatic rings. The van der Waals surface area contributed by atoms with E-state index in [0.717, 1.165) is 193 Å². The maximum Gasteiger partial charge on any atom is 0.306 e. The normalized spacial score (nSPS) is 13.8. The molecule has 0 rings (SSSR count). The topological polar surface area (TPSA) is 72.8 Å². The van der Waals surface area contributed by atoms with Crippen LogP contribution in [0.1, 0.15) is 219 Å². The highest BCUT2D eigenvalue weighted by atomic mass is 16.6. The van der Waals surface area contributed by atoms with Crippen molar-refractivity contribution in [1.29, 1.82) is 0 Å². The number of carbonyl (C=O) groups is 2. The van der Waals surface area contributed by atoms with E-state index in [2.05, 4.69) is 245 Å². The van der Waals surface area contributed by atoms with Crippen LogP contribution in [-0.4, -0.2) is 36.4 Å². The van der Waals surface area contributed by atoms with Gasteiger partial charge in [0.2, 0.25) is 0 Å². The molecule has 0 aromatic rings. The Hall–Kier alpha value is -6.04. The van der Waals surface area contributed by atoms with Crippen molar-refractivity contribution in [2.24, 2.45) is 0 Å². The molecule has 82 heavy (non-hydrogen) atoms. The predicted molar refractivity (Wildman–Crippen MR) is 361 cm³/mol. The average Bonchev–Trinajstić information content (AvgIpc) is 3.49. The van der Waals surface area contributed by atoms with Crippen molar-refractivity contribution < 1.29 is 24.2 Å². The summed E-state index contributed by atoms with van der Waals surface area (Å²) < 4.78 is 10.7. The summed E-state index contributed by atoms with van der Waals surface area (Å²) in [7, 11) is 0. The molecule has 1 atom stereocenters. The minimum absolute atomic E-state index is 0.104. The molecule has 452 valence electrons. The molecule has 0 bridgehead atoms.